The van der Waals surface area contributed by atoms with Crippen molar-refractivity contribution in [2.75, 3.05) is 13.1 Å². The van der Waals surface area contributed by atoms with Crippen molar-refractivity contribution in [1.82, 2.24) is 4.31 Å². The second kappa shape index (κ2) is 6.70. The minimum Gasteiger partial charge on any atom is -0.207 e. The summed E-state index contributed by atoms with van der Waals surface area (Å²) in [6.07, 6.45) is 1.67. The topological polar surface area (TPSA) is 37.4 Å². The zero-order chi connectivity index (χ0) is 12.9. The highest BCUT2D eigenvalue weighted by Crippen LogP contribution is 2.17. The molecule has 0 saturated heterocycles. The molecule has 0 aliphatic rings. The maximum Gasteiger partial charge on any atom is 0.243 e. The van der Waals surface area contributed by atoms with E-state index in [-0.39, 0.29) is 0 Å². The van der Waals surface area contributed by atoms with Gasteiger partial charge in [0.05, 0.1) is 4.90 Å². The third kappa shape index (κ3) is 3.93. The number of halogens is 1. The molecule has 0 fully saturated rings. The van der Waals surface area contributed by atoms with Gasteiger partial charge in [0, 0.05) is 16.7 Å². The predicted octanol–water partition coefficient (Wildman–Crippen LogP) is 3.10. The number of hydrogen-bond donors (Lipinski definition) is 0. The molecule has 0 atom stereocenters. The van der Waals surface area contributed by atoms with E-state index in [0.717, 1.165) is 16.4 Å². The van der Waals surface area contributed by atoms with Crippen molar-refractivity contribution < 1.29 is 8.42 Å². The Kier molecular flexibility index (Phi) is 5.88. The zero-order valence-corrected chi connectivity index (χ0v) is 13.2. The fourth-order valence-electron chi connectivity index (χ4n) is 1.61. The van der Waals surface area contributed by atoms with Gasteiger partial charge in [0.15, 0.2) is 0 Å². The van der Waals surface area contributed by atoms with Crippen LogP contribution in [0.1, 0.15) is 26.7 Å². The van der Waals surface area contributed by atoms with E-state index in [4.69, 9.17) is 0 Å². The average molecular weight is 367 g/mol. The molecule has 0 amide bonds. The van der Waals surface area contributed by atoms with E-state index in [1.165, 1.54) is 0 Å². The van der Waals surface area contributed by atoms with E-state index in [1.807, 2.05) is 26.0 Å². The maximum absolute atomic E-state index is 12.3. The van der Waals surface area contributed by atoms with Crippen LogP contribution in [0.15, 0.2) is 29.2 Å². The summed E-state index contributed by atoms with van der Waals surface area (Å²) in [5.41, 5.74) is 0. The number of benzene rings is 1. The molecule has 1 aromatic carbocycles. The van der Waals surface area contributed by atoms with Crippen LogP contribution >= 0.6 is 22.6 Å². The first-order valence-electron chi connectivity index (χ1n) is 5.78. The van der Waals surface area contributed by atoms with Crippen LogP contribution in [0.5, 0.6) is 0 Å². The molecule has 0 radical (unpaired) electrons. The van der Waals surface area contributed by atoms with Crippen LogP contribution in [-0.2, 0) is 10.0 Å². The lowest BCUT2D eigenvalue weighted by Gasteiger charge is -2.20. The minimum atomic E-state index is -3.31. The molecule has 0 heterocycles. The van der Waals surface area contributed by atoms with Gasteiger partial charge >= 0.3 is 0 Å². The molecule has 96 valence electrons. The van der Waals surface area contributed by atoms with Crippen molar-refractivity contribution in [3.05, 3.63) is 27.8 Å². The van der Waals surface area contributed by atoms with Gasteiger partial charge in [0.1, 0.15) is 0 Å². The van der Waals surface area contributed by atoms with Crippen LogP contribution in [0.3, 0.4) is 0 Å². The fourth-order valence-corrected chi connectivity index (χ4v) is 3.59. The Morgan fingerprint density at radius 3 is 1.94 bits per heavy atom. The van der Waals surface area contributed by atoms with E-state index in [2.05, 4.69) is 22.6 Å². The van der Waals surface area contributed by atoms with Crippen LogP contribution in [0, 0.1) is 3.57 Å². The van der Waals surface area contributed by atoms with Crippen LogP contribution in [-0.4, -0.2) is 25.8 Å². The molecule has 5 heteroatoms. The van der Waals surface area contributed by atoms with E-state index in [0.29, 0.717) is 18.0 Å². The molecule has 1 rings (SSSR count). The largest absolute Gasteiger partial charge is 0.243 e. The standard InChI is InChI=1S/C12H18INO2S/c1-3-9-14(10-4-2)17(15,16)12-7-5-11(13)6-8-12/h5-8H,3-4,9-10H2,1-2H3. The summed E-state index contributed by atoms with van der Waals surface area (Å²) < 4.78 is 27.3. The van der Waals surface area contributed by atoms with Gasteiger partial charge in [-0.15, -0.1) is 0 Å². The molecule has 0 spiro atoms. The first-order valence-corrected chi connectivity index (χ1v) is 8.30. The average Bonchev–Trinajstić information content (AvgIpc) is 2.29. The molecule has 17 heavy (non-hydrogen) atoms. The van der Waals surface area contributed by atoms with Crippen molar-refractivity contribution in [3.8, 4) is 0 Å². The highest BCUT2D eigenvalue weighted by atomic mass is 127. The van der Waals surface area contributed by atoms with Gasteiger partial charge in [0.25, 0.3) is 0 Å². The van der Waals surface area contributed by atoms with Gasteiger partial charge in [-0.1, -0.05) is 13.8 Å². The third-order valence-corrected chi connectivity index (χ3v) is 5.03. The Morgan fingerprint density at radius 1 is 1.06 bits per heavy atom. The van der Waals surface area contributed by atoms with Crippen molar-refractivity contribution in [2.24, 2.45) is 0 Å². The molecule has 0 aliphatic heterocycles. The highest BCUT2D eigenvalue weighted by Gasteiger charge is 2.22. The van der Waals surface area contributed by atoms with E-state index >= 15 is 0 Å². The lowest BCUT2D eigenvalue weighted by molar-refractivity contribution is 0.410. The smallest absolute Gasteiger partial charge is 0.207 e. The summed E-state index contributed by atoms with van der Waals surface area (Å²) in [6, 6.07) is 7.00. The van der Waals surface area contributed by atoms with E-state index < -0.39 is 10.0 Å². The summed E-state index contributed by atoms with van der Waals surface area (Å²) in [6.45, 7) is 5.16. The predicted molar refractivity (Wildman–Crippen MR) is 78.5 cm³/mol. The number of hydrogen-bond acceptors (Lipinski definition) is 2. The van der Waals surface area contributed by atoms with Crippen molar-refractivity contribution in [3.63, 3.8) is 0 Å². The van der Waals surface area contributed by atoms with Crippen molar-refractivity contribution in [1.29, 1.82) is 0 Å². The van der Waals surface area contributed by atoms with Gasteiger partial charge < -0.3 is 0 Å². The third-order valence-electron chi connectivity index (χ3n) is 2.40. The molecule has 0 bridgehead atoms. The molecule has 0 aliphatic carbocycles. The Balaban J connectivity index is 3.02. The summed E-state index contributed by atoms with van der Waals surface area (Å²) >= 11 is 2.17. The zero-order valence-electron chi connectivity index (χ0n) is 10.2. The van der Waals surface area contributed by atoms with E-state index in [1.54, 1.807) is 16.4 Å². The summed E-state index contributed by atoms with van der Waals surface area (Å²) in [4.78, 5) is 0.389. The van der Waals surface area contributed by atoms with Gasteiger partial charge in [-0.2, -0.15) is 4.31 Å². The lowest BCUT2D eigenvalue weighted by Crippen LogP contribution is -2.32. The minimum absolute atomic E-state index is 0.389. The second-order valence-electron chi connectivity index (χ2n) is 3.86. The van der Waals surface area contributed by atoms with Gasteiger partial charge in [0.2, 0.25) is 10.0 Å². The molecular weight excluding hydrogens is 349 g/mol. The molecule has 0 N–H and O–H groups in total. The van der Waals surface area contributed by atoms with Gasteiger partial charge in [-0.3, -0.25) is 0 Å². The Labute approximate surface area is 117 Å². The SMILES string of the molecule is CCCN(CCC)S(=O)(=O)c1ccc(I)cc1. The van der Waals surface area contributed by atoms with Crippen LogP contribution in [0.4, 0.5) is 0 Å². The summed E-state index contributed by atoms with van der Waals surface area (Å²) in [7, 11) is -3.31. The number of rotatable bonds is 6. The normalized spacial score (nSPS) is 12.0. The molecular formula is C12H18INO2S. The number of sulfonamides is 1. The monoisotopic (exact) mass is 367 g/mol. The Morgan fingerprint density at radius 2 is 1.53 bits per heavy atom. The highest BCUT2D eigenvalue weighted by molar-refractivity contribution is 14.1. The Bertz CT molecular complexity index is 436. The van der Waals surface area contributed by atoms with Crippen LogP contribution in [0.2, 0.25) is 0 Å². The molecule has 0 aromatic heterocycles. The van der Waals surface area contributed by atoms with Crippen LogP contribution in [0.25, 0.3) is 0 Å². The van der Waals surface area contributed by atoms with Crippen molar-refractivity contribution in [2.45, 2.75) is 31.6 Å². The van der Waals surface area contributed by atoms with Crippen molar-refractivity contribution >= 4 is 32.6 Å². The molecule has 3 nitrogen and oxygen atoms in total. The first-order chi connectivity index (χ1) is 8.02. The summed E-state index contributed by atoms with van der Waals surface area (Å²) in [5, 5.41) is 0. The molecule has 0 saturated carbocycles. The lowest BCUT2D eigenvalue weighted by atomic mass is 10.4. The molecule has 1 aromatic rings. The second-order valence-corrected chi connectivity index (χ2v) is 7.04. The fraction of sp³-hybridized carbons (Fsp3) is 0.500. The van der Waals surface area contributed by atoms with E-state index in [9.17, 15) is 8.42 Å². The molecule has 0 unspecified atom stereocenters. The first kappa shape index (κ1) is 14.9. The number of nitrogens with zero attached hydrogens (tertiary/aromatic N) is 1. The van der Waals surface area contributed by atoms with Crippen LogP contribution < -0.4 is 0 Å². The maximum atomic E-state index is 12.3. The quantitative estimate of drug-likeness (QED) is 0.725. The van der Waals surface area contributed by atoms with Gasteiger partial charge in [-0.05, 0) is 59.7 Å². The summed E-state index contributed by atoms with van der Waals surface area (Å²) in [5.74, 6) is 0. The Hall–Kier alpha value is -0.140. The van der Waals surface area contributed by atoms with Gasteiger partial charge in [-0.25, -0.2) is 8.42 Å².